The third kappa shape index (κ3) is 6.34. The second-order valence-corrected chi connectivity index (χ2v) is 6.23. The van der Waals surface area contributed by atoms with Crippen LogP contribution in [0.1, 0.15) is 26.7 Å². The Morgan fingerprint density at radius 1 is 1.28 bits per heavy atom. The van der Waals surface area contributed by atoms with Gasteiger partial charge in [-0.1, -0.05) is 11.6 Å². The summed E-state index contributed by atoms with van der Waals surface area (Å²) in [5, 5.41) is 6.27. The van der Waals surface area contributed by atoms with Crippen LogP contribution in [-0.2, 0) is 4.74 Å². The van der Waals surface area contributed by atoms with Crippen molar-refractivity contribution in [1.82, 2.24) is 15.5 Å². The fourth-order valence-electron chi connectivity index (χ4n) is 2.58. The standard InChI is InChI=1S/C17H24ClN3O4/c1-3-24-17(23)21-10-8-14(9-11-21)20-16(22)19-12(2)25-15-6-4-13(18)5-7-15/h4-7,12,14H,3,8-11H2,1-2H3,(H2,19,20,22). The minimum atomic E-state index is -0.485. The van der Waals surface area contributed by atoms with E-state index in [0.717, 1.165) is 0 Å². The van der Waals surface area contributed by atoms with Crippen molar-refractivity contribution >= 4 is 23.7 Å². The van der Waals surface area contributed by atoms with E-state index in [2.05, 4.69) is 10.6 Å². The molecule has 1 aliphatic heterocycles. The van der Waals surface area contributed by atoms with Gasteiger partial charge in [0.1, 0.15) is 5.75 Å². The lowest BCUT2D eigenvalue weighted by Gasteiger charge is -2.31. The Balaban J connectivity index is 1.70. The van der Waals surface area contributed by atoms with E-state index in [4.69, 9.17) is 21.1 Å². The molecule has 0 saturated carbocycles. The van der Waals surface area contributed by atoms with Crippen LogP contribution in [0.5, 0.6) is 5.75 Å². The van der Waals surface area contributed by atoms with Crippen LogP contribution in [0, 0.1) is 0 Å². The maximum Gasteiger partial charge on any atom is 0.409 e. The van der Waals surface area contributed by atoms with E-state index >= 15 is 0 Å². The Bertz CT molecular complexity index is 574. The van der Waals surface area contributed by atoms with Crippen molar-refractivity contribution in [2.75, 3.05) is 19.7 Å². The number of ether oxygens (including phenoxy) is 2. The third-order valence-corrected chi connectivity index (χ3v) is 4.07. The Labute approximate surface area is 152 Å². The number of rotatable bonds is 5. The quantitative estimate of drug-likeness (QED) is 0.782. The number of amides is 3. The van der Waals surface area contributed by atoms with Crippen molar-refractivity contribution in [3.05, 3.63) is 29.3 Å². The Hall–Kier alpha value is -2.15. The molecular weight excluding hydrogens is 346 g/mol. The lowest BCUT2D eigenvalue weighted by molar-refractivity contribution is 0.0955. The molecule has 0 spiro atoms. The highest BCUT2D eigenvalue weighted by molar-refractivity contribution is 6.30. The molecule has 8 heteroatoms. The topological polar surface area (TPSA) is 79.9 Å². The molecule has 1 aromatic carbocycles. The first kappa shape index (κ1) is 19.2. The summed E-state index contributed by atoms with van der Waals surface area (Å²) in [6.45, 7) is 5.04. The van der Waals surface area contributed by atoms with E-state index in [-0.39, 0.29) is 18.2 Å². The van der Waals surface area contributed by atoms with Crippen LogP contribution in [-0.4, -0.2) is 49.0 Å². The van der Waals surface area contributed by atoms with Crippen LogP contribution in [0.3, 0.4) is 0 Å². The second-order valence-electron chi connectivity index (χ2n) is 5.79. The monoisotopic (exact) mass is 369 g/mol. The van der Waals surface area contributed by atoms with Crippen LogP contribution in [0.2, 0.25) is 5.02 Å². The minimum Gasteiger partial charge on any atom is -0.471 e. The van der Waals surface area contributed by atoms with Crippen molar-refractivity contribution < 1.29 is 19.1 Å². The molecule has 1 atom stereocenters. The molecule has 0 bridgehead atoms. The summed E-state index contributed by atoms with van der Waals surface area (Å²) >= 11 is 5.82. The maximum absolute atomic E-state index is 12.1. The average Bonchev–Trinajstić information content (AvgIpc) is 2.57. The zero-order valence-electron chi connectivity index (χ0n) is 14.5. The van der Waals surface area contributed by atoms with Crippen molar-refractivity contribution in [1.29, 1.82) is 0 Å². The summed E-state index contributed by atoms with van der Waals surface area (Å²) in [6, 6.07) is 6.65. The van der Waals surface area contributed by atoms with Gasteiger partial charge in [-0.05, 0) is 51.0 Å². The highest BCUT2D eigenvalue weighted by Gasteiger charge is 2.24. The lowest BCUT2D eigenvalue weighted by Crippen LogP contribution is -2.51. The molecule has 2 N–H and O–H groups in total. The van der Waals surface area contributed by atoms with Crippen LogP contribution in [0.4, 0.5) is 9.59 Å². The molecule has 2 rings (SSSR count). The fraction of sp³-hybridized carbons (Fsp3) is 0.529. The summed E-state index contributed by atoms with van der Waals surface area (Å²) < 4.78 is 10.6. The van der Waals surface area contributed by atoms with Crippen molar-refractivity contribution in [3.8, 4) is 5.75 Å². The number of hydrogen-bond acceptors (Lipinski definition) is 4. The number of nitrogens with one attached hydrogen (secondary N) is 2. The zero-order valence-corrected chi connectivity index (χ0v) is 15.2. The van der Waals surface area contributed by atoms with E-state index in [9.17, 15) is 9.59 Å². The summed E-state index contributed by atoms with van der Waals surface area (Å²) in [6.07, 6.45) is 0.605. The normalized spacial score (nSPS) is 16.0. The summed E-state index contributed by atoms with van der Waals surface area (Å²) in [5.41, 5.74) is 0. The summed E-state index contributed by atoms with van der Waals surface area (Å²) in [7, 11) is 0. The van der Waals surface area contributed by atoms with Gasteiger partial charge in [0.2, 0.25) is 0 Å². The summed E-state index contributed by atoms with van der Waals surface area (Å²) in [5.74, 6) is 0.625. The van der Waals surface area contributed by atoms with Gasteiger partial charge >= 0.3 is 12.1 Å². The van der Waals surface area contributed by atoms with Crippen molar-refractivity contribution in [3.63, 3.8) is 0 Å². The molecule has 1 unspecified atom stereocenters. The lowest BCUT2D eigenvalue weighted by atomic mass is 10.1. The molecule has 0 aromatic heterocycles. The van der Waals surface area contributed by atoms with Crippen LogP contribution in [0.25, 0.3) is 0 Å². The van der Waals surface area contributed by atoms with Gasteiger partial charge in [-0.3, -0.25) is 0 Å². The van der Waals surface area contributed by atoms with Crippen molar-refractivity contribution in [2.45, 2.75) is 39.0 Å². The molecule has 7 nitrogen and oxygen atoms in total. The predicted molar refractivity (Wildman–Crippen MR) is 94.8 cm³/mol. The maximum atomic E-state index is 12.1. The number of carbonyl (C=O) groups excluding carboxylic acids is 2. The van der Waals surface area contributed by atoms with Crippen LogP contribution in [0.15, 0.2) is 24.3 Å². The first-order chi connectivity index (χ1) is 12.0. The Morgan fingerprint density at radius 2 is 1.92 bits per heavy atom. The first-order valence-electron chi connectivity index (χ1n) is 8.39. The smallest absolute Gasteiger partial charge is 0.409 e. The molecule has 0 radical (unpaired) electrons. The number of benzene rings is 1. The van der Waals surface area contributed by atoms with E-state index in [1.54, 1.807) is 43.0 Å². The number of carbonyl (C=O) groups is 2. The summed E-state index contributed by atoms with van der Waals surface area (Å²) in [4.78, 5) is 25.4. The van der Waals surface area contributed by atoms with Gasteiger partial charge in [-0.2, -0.15) is 0 Å². The molecular formula is C17H24ClN3O4. The van der Waals surface area contributed by atoms with Gasteiger partial charge in [0.05, 0.1) is 6.61 Å². The van der Waals surface area contributed by atoms with E-state index in [0.29, 0.717) is 43.3 Å². The van der Waals surface area contributed by atoms with Gasteiger partial charge in [0.15, 0.2) is 6.23 Å². The van der Waals surface area contributed by atoms with Crippen molar-refractivity contribution in [2.24, 2.45) is 0 Å². The number of hydrogen-bond donors (Lipinski definition) is 2. The van der Waals surface area contributed by atoms with E-state index < -0.39 is 6.23 Å². The SMILES string of the molecule is CCOC(=O)N1CCC(NC(=O)NC(C)Oc2ccc(Cl)cc2)CC1. The molecule has 1 heterocycles. The predicted octanol–water partition coefficient (Wildman–Crippen LogP) is 2.98. The molecule has 0 aliphatic carbocycles. The molecule has 1 aliphatic rings. The van der Waals surface area contributed by atoms with Gasteiger partial charge < -0.3 is 25.0 Å². The third-order valence-electron chi connectivity index (χ3n) is 3.82. The fourth-order valence-corrected chi connectivity index (χ4v) is 2.71. The number of likely N-dealkylation sites (tertiary alicyclic amines) is 1. The largest absolute Gasteiger partial charge is 0.471 e. The molecule has 3 amide bonds. The highest BCUT2D eigenvalue weighted by atomic mass is 35.5. The highest BCUT2D eigenvalue weighted by Crippen LogP contribution is 2.16. The average molecular weight is 370 g/mol. The van der Waals surface area contributed by atoms with Gasteiger partial charge in [0, 0.05) is 24.2 Å². The first-order valence-corrected chi connectivity index (χ1v) is 8.76. The molecule has 1 fully saturated rings. The van der Waals surface area contributed by atoms with Gasteiger partial charge in [-0.25, -0.2) is 9.59 Å². The van der Waals surface area contributed by atoms with Gasteiger partial charge in [-0.15, -0.1) is 0 Å². The van der Waals surface area contributed by atoms with Gasteiger partial charge in [0.25, 0.3) is 0 Å². The molecule has 25 heavy (non-hydrogen) atoms. The van der Waals surface area contributed by atoms with Crippen LogP contribution >= 0.6 is 11.6 Å². The number of piperidine rings is 1. The minimum absolute atomic E-state index is 0.0217. The van der Waals surface area contributed by atoms with E-state index in [1.807, 2.05) is 0 Å². The Morgan fingerprint density at radius 3 is 2.52 bits per heavy atom. The number of halogens is 1. The molecule has 138 valence electrons. The molecule has 1 aromatic rings. The zero-order chi connectivity index (χ0) is 18.2. The Kier molecular flexibility index (Phi) is 7.18. The van der Waals surface area contributed by atoms with E-state index in [1.165, 1.54) is 0 Å². The second kappa shape index (κ2) is 9.36. The number of urea groups is 1. The number of nitrogens with zero attached hydrogens (tertiary/aromatic N) is 1. The van der Waals surface area contributed by atoms with Crippen LogP contribution < -0.4 is 15.4 Å². The molecule has 1 saturated heterocycles.